The van der Waals surface area contributed by atoms with Gasteiger partial charge in [-0.05, 0) is 57.0 Å². The van der Waals surface area contributed by atoms with Crippen LogP contribution in [0.5, 0.6) is 11.5 Å². The maximum absolute atomic E-state index is 13.4. The van der Waals surface area contributed by atoms with E-state index in [4.69, 9.17) is 9.47 Å². The average Bonchev–Trinajstić information content (AvgIpc) is 3.48. The van der Waals surface area contributed by atoms with Crippen LogP contribution in [0.25, 0.3) is 17.1 Å². The molecule has 0 saturated carbocycles. The van der Waals surface area contributed by atoms with E-state index in [0.717, 1.165) is 16.7 Å². The van der Waals surface area contributed by atoms with Crippen molar-refractivity contribution in [1.29, 1.82) is 0 Å². The second-order valence-electron chi connectivity index (χ2n) is 8.29. The van der Waals surface area contributed by atoms with Gasteiger partial charge in [0.05, 0.1) is 31.7 Å². The molecule has 0 bridgehead atoms. The second-order valence-corrected chi connectivity index (χ2v) is 9.83. The molecule has 184 valence electrons. The molecule has 1 aromatic carbocycles. The number of nitrogens with one attached hydrogen (secondary N) is 1. The van der Waals surface area contributed by atoms with Crippen molar-refractivity contribution in [3.05, 3.63) is 60.2 Å². The predicted octanol–water partition coefficient (Wildman–Crippen LogP) is 3.89. The third-order valence-electron chi connectivity index (χ3n) is 5.78. The standard InChI is InChI=1S/C24H29N7O3S/c1-15-10-19(13-25-11-15)23-27-28-24(31(23)22-20(33-5)8-7-9-21(22)34-6)29-35(32)18(4)17(3)30-14-16(2)12-26-30/h7-14,17-18H,1-6H3,(H,28,29). The van der Waals surface area contributed by atoms with E-state index < -0.39 is 11.0 Å². The quantitative estimate of drug-likeness (QED) is 0.375. The molecule has 0 radical (unpaired) electrons. The predicted molar refractivity (Wildman–Crippen MR) is 135 cm³/mol. The third-order valence-corrected chi connectivity index (χ3v) is 7.23. The molecule has 4 rings (SSSR count). The number of benzene rings is 1. The summed E-state index contributed by atoms with van der Waals surface area (Å²) < 4.78 is 31.3. The molecule has 0 fully saturated rings. The van der Waals surface area contributed by atoms with Crippen LogP contribution in [0.4, 0.5) is 5.95 Å². The van der Waals surface area contributed by atoms with Crippen LogP contribution < -0.4 is 14.2 Å². The molecule has 0 saturated heterocycles. The van der Waals surface area contributed by atoms with E-state index in [1.54, 1.807) is 37.4 Å². The van der Waals surface area contributed by atoms with Crippen LogP contribution in [0, 0.1) is 13.8 Å². The van der Waals surface area contributed by atoms with E-state index in [-0.39, 0.29) is 11.3 Å². The minimum absolute atomic E-state index is 0.116. The molecule has 0 amide bonds. The molecule has 0 spiro atoms. The number of hydrogen-bond acceptors (Lipinski definition) is 7. The zero-order valence-corrected chi connectivity index (χ0v) is 21.4. The van der Waals surface area contributed by atoms with Crippen LogP contribution in [0.3, 0.4) is 0 Å². The molecule has 35 heavy (non-hydrogen) atoms. The van der Waals surface area contributed by atoms with E-state index >= 15 is 0 Å². The van der Waals surface area contributed by atoms with Gasteiger partial charge in [-0.3, -0.25) is 19.0 Å². The van der Waals surface area contributed by atoms with Gasteiger partial charge in [0, 0.05) is 24.2 Å². The number of aryl methyl sites for hydroxylation is 2. The Labute approximate surface area is 206 Å². The highest BCUT2D eigenvalue weighted by Gasteiger charge is 2.27. The second kappa shape index (κ2) is 10.3. The molecule has 3 heterocycles. The summed E-state index contributed by atoms with van der Waals surface area (Å²) in [4.78, 5) is 4.30. The summed E-state index contributed by atoms with van der Waals surface area (Å²) in [6.07, 6.45) is 7.19. The van der Waals surface area contributed by atoms with E-state index in [1.165, 1.54) is 0 Å². The molecule has 4 aromatic rings. The lowest BCUT2D eigenvalue weighted by atomic mass is 10.2. The van der Waals surface area contributed by atoms with Crippen molar-refractivity contribution in [2.75, 3.05) is 18.9 Å². The normalized spacial score (nSPS) is 13.8. The molecule has 0 aliphatic carbocycles. The third kappa shape index (κ3) is 4.90. The number of pyridine rings is 1. The monoisotopic (exact) mass is 495 g/mol. The molecule has 11 heteroatoms. The number of para-hydroxylation sites is 1. The first-order valence-electron chi connectivity index (χ1n) is 11.1. The van der Waals surface area contributed by atoms with E-state index in [9.17, 15) is 4.21 Å². The van der Waals surface area contributed by atoms with E-state index in [1.807, 2.05) is 62.8 Å². The fourth-order valence-corrected chi connectivity index (χ4v) is 4.69. The van der Waals surface area contributed by atoms with Crippen molar-refractivity contribution in [3.8, 4) is 28.6 Å². The van der Waals surface area contributed by atoms with Gasteiger partial charge in [0.15, 0.2) is 5.82 Å². The zero-order valence-electron chi connectivity index (χ0n) is 20.6. The largest absolute Gasteiger partial charge is 0.494 e. The van der Waals surface area contributed by atoms with Crippen LogP contribution >= 0.6 is 0 Å². The van der Waals surface area contributed by atoms with Gasteiger partial charge >= 0.3 is 0 Å². The van der Waals surface area contributed by atoms with Crippen molar-refractivity contribution in [2.24, 2.45) is 0 Å². The van der Waals surface area contributed by atoms with Crippen molar-refractivity contribution in [2.45, 2.75) is 39.0 Å². The molecule has 1 N–H and O–H groups in total. The first-order valence-corrected chi connectivity index (χ1v) is 12.3. The van der Waals surface area contributed by atoms with Gasteiger partial charge in [0.2, 0.25) is 5.95 Å². The van der Waals surface area contributed by atoms with Crippen LogP contribution in [0.2, 0.25) is 0 Å². The number of hydrogen-bond donors (Lipinski definition) is 1. The maximum atomic E-state index is 13.4. The van der Waals surface area contributed by atoms with Crippen LogP contribution in [-0.4, -0.2) is 53.2 Å². The Kier molecular flexibility index (Phi) is 7.15. The Bertz CT molecular complexity index is 1330. The van der Waals surface area contributed by atoms with Crippen LogP contribution in [-0.2, 0) is 11.0 Å². The smallest absolute Gasteiger partial charge is 0.241 e. The highest BCUT2D eigenvalue weighted by Crippen LogP contribution is 2.37. The van der Waals surface area contributed by atoms with Gasteiger partial charge in [0.25, 0.3) is 0 Å². The summed E-state index contributed by atoms with van der Waals surface area (Å²) in [7, 11) is 1.64. The lowest BCUT2D eigenvalue weighted by Crippen LogP contribution is -2.28. The summed E-state index contributed by atoms with van der Waals surface area (Å²) in [6.45, 7) is 7.81. The molecule has 10 nitrogen and oxygen atoms in total. The Morgan fingerprint density at radius 2 is 1.71 bits per heavy atom. The summed E-state index contributed by atoms with van der Waals surface area (Å²) in [5, 5.41) is 12.9. The molecule has 3 atom stereocenters. The minimum atomic E-state index is -1.52. The van der Waals surface area contributed by atoms with Crippen LogP contribution in [0.1, 0.15) is 31.0 Å². The van der Waals surface area contributed by atoms with Gasteiger partial charge < -0.3 is 9.47 Å². The Morgan fingerprint density at radius 1 is 1.00 bits per heavy atom. The Hall–Kier alpha value is -3.73. The van der Waals surface area contributed by atoms with Gasteiger partial charge in [-0.25, -0.2) is 4.21 Å². The molecule has 3 unspecified atom stereocenters. The van der Waals surface area contributed by atoms with Crippen LogP contribution in [0.15, 0.2) is 49.1 Å². The van der Waals surface area contributed by atoms with Gasteiger partial charge in [-0.15, -0.1) is 10.2 Å². The van der Waals surface area contributed by atoms with Gasteiger partial charge in [-0.2, -0.15) is 5.10 Å². The molecular formula is C24H29N7O3S. The summed E-state index contributed by atoms with van der Waals surface area (Å²) >= 11 is 0. The first kappa shape index (κ1) is 24.4. The van der Waals surface area contributed by atoms with E-state index in [2.05, 4.69) is 25.0 Å². The molecule has 3 aromatic heterocycles. The molecule has 0 aliphatic heterocycles. The number of anilines is 1. The number of ether oxygens (including phenoxy) is 2. The van der Waals surface area contributed by atoms with Gasteiger partial charge in [-0.1, -0.05) is 6.07 Å². The molecular weight excluding hydrogens is 466 g/mol. The van der Waals surface area contributed by atoms with Crippen molar-refractivity contribution in [1.82, 2.24) is 29.5 Å². The van der Waals surface area contributed by atoms with Crippen molar-refractivity contribution < 1.29 is 13.7 Å². The van der Waals surface area contributed by atoms with E-state index in [0.29, 0.717) is 29.0 Å². The molecule has 0 aliphatic rings. The number of aromatic nitrogens is 6. The highest BCUT2D eigenvalue weighted by molar-refractivity contribution is 7.87. The van der Waals surface area contributed by atoms with Crippen molar-refractivity contribution >= 4 is 16.9 Å². The highest BCUT2D eigenvalue weighted by atomic mass is 32.2. The fourth-order valence-electron chi connectivity index (χ4n) is 3.71. The SMILES string of the molecule is COc1cccc(OC)c1-n1c(NS(=O)C(C)C(C)n2cc(C)cn2)nnc1-c1cncc(C)c1. The number of methoxy groups -OCH3 is 2. The number of nitrogens with zero attached hydrogens (tertiary/aromatic N) is 6. The Balaban J connectivity index is 1.79. The Morgan fingerprint density at radius 3 is 2.31 bits per heavy atom. The van der Waals surface area contributed by atoms with Gasteiger partial charge in [0.1, 0.15) is 28.2 Å². The zero-order chi connectivity index (χ0) is 25.1. The van der Waals surface area contributed by atoms with Crippen molar-refractivity contribution in [3.63, 3.8) is 0 Å². The first-order chi connectivity index (χ1) is 16.8. The summed E-state index contributed by atoms with van der Waals surface area (Å²) in [5.41, 5.74) is 3.35. The number of rotatable bonds is 9. The minimum Gasteiger partial charge on any atom is -0.494 e. The lowest BCUT2D eigenvalue weighted by molar-refractivity contribution is 0.391. The summed E-state index contributed by atoms with van der Waals surface area (Å²) in [5.74, 6) is 1.90. The average molecular weight is 496 g/mol. The lowest BCUT2D eigenvalue weighted by Gasteiger charge is -2.21. The maximum Gasteiger partial charge on any atom is 0.241 e. The fraction of sp³-hybridized carbons (Fsp3) is 0.333. The summed E-state index contributed by atoms with van der Waals surface area (Å²) in [6, 6.07) is 7.32. The topological polar surface area (TPSA) is 109 Å².